The Hall–Kier alpha value is -2.10. The lowest BCUT2D eigenvalue weighted by molar-refractivity contribution is 0.0791. The monoisotopic (exact) mass is 284 g/mol. The molecular formula is C17H20N2O2. The number of hydrogen-bond donors (Lipinski definition) is 0. The van der Waals surface area contributed by atoms with Crippen LogP contribution in [0.15, 0.2) is 29.2 Å². The second-order valence-electron chi connectivity index (χ2n) is 5.68. The Balaban J connectivity index is 2.21. The number of carbonyl (C=O) groups excluding carboxylic acids is 1. The van der Waals surface area contributed by atoms with E-state index in [1.165, 1.54) is 0 Å². The zero-order valence-corrected chi connectivity index (χ0v) is 12.6. The Bertz CT molecular complexity index is 755. The van der Waals surface area contributed by atoms with Crippen LogP contribution in [-0.2, 0) is 6.54 Å². The maximum absolute atomic E-state index is 12.7. The number of carbonyl (C=O) groups is 1. The number of rotatable bonds is 2. The zero-order chi connectivity index (χ0) is 15.0. The zero-order valence-electron chi connectivity index (χ0n) is 12.6. The summed E-state index contributed by atoms with van der Waals surface area (Å²) in [4.78, 5) is 27.1. The number of aryl methyl sites for hydroxylation is 2. The number of fused-ring (bicyclic) bond motifs is 1. The van der Waals surface area contributed by atoms with E-state index >= 15 is 0 Å². The normalized spacial score (nSPS) is 14.9. The topological polar surface area (TPSA) is 42.3 Å². The van der Waals surface area contributed by atoms with Crippen LogP contribution in [0.4, 0.5) is 0 Å². The predicted octanol–water partition coefficient (Wildman–Crippen LogP) is 2.57. The molecule has 1 aliphatic heterocycles. The summed E-state index contributed by atoms with van der Waals surface area (Å²) in [6.07, 6.45) is 3.78. The smallest absolute Gasteiger partial charge is 0.259 e. The maximum atomic E-state index is 12.7. The van der Waals surface area contributed by atoms with Crippen molar-refractivity contribution in [1.82, 2.24) is 9.47 Å². The van der Waals surface area contributed by atoms with E-state index in [0.29, 0.717) is 10.9 Å². The first-order valence-electron chi connectivity index (χ1n) is 7.55. The molecule has 0 spiro atoms. The van der Waals surface area contributed by atoms with Gasteiger partial charge < -0.3 is 9.47 Å². The molecule has 1 fully saturated rings. The molecule has 1 amide bonds. The fraction of sp³-hybridized carbons (Fsp3) is 0.412. The summed E-state index contributed by atoms with van der Waals surface area (Å²) < 4.78 is 1.99. The summed E-state index contributed by atoms with van der Waals surface area (Å²) in [7, 11) is 0. The number of likely N-dealkylation sites (tertiary alicyclic amines) is 1. The molecule has 0 radical (unpaired) electrons. The third-order valence-electron chi connectivity index (χ3n) is 4.20. The fourth-order valence-corrected chi connectivity index (χ4v) is 3.02. The van der Waals surface area contributed by atoms with Crippen molar-refractivity contribution >= 4 is 16.8 Å². The highest BCUT2D eigenvalue weighted by molar-refractivity contribution is 5.97. The van der Waals surface area contributed by atoms with Crippen LogP contribution in [-0.4, -0.2) is 28.5 Å². The van der Waals surface area contributed by atoms with E-state index < -0.39 is 0 Å². The van der Waals surface area contributed by atoms with Crippen molar-refractivity contribution in [3.8, 4) is 0 Å². The molecule has 0 aliphatic carbocycles. The maximum Gasteiger partial charge on any atom is 0.259 e. The summed E-state index contributed by atoms with van der Waals surface area (Å²) >= 11 is 0. The molecule has 2 aromatic rings. The van der Waals surface area contributed by atoms with Crippen LogP contribution < -0.4 is 5.43 Å². The van der Waals surface area contributed by atoms with Crippen LogP contribution in [0.25, 0.3) is 10.9 Å². The Kier molecular flexibility index (Phi) is 3.53. The van der Waals surface area contributed by atoms with Gasteiger partial charge in [-0.2, -0.15) is 0 Å². The van der Waals surface area contributed by atoms with E-state index in [9.17, 15) is 9.59 Å². The Labute approximate surface area is 124 Å². The minimum atomic E-state index is -0.143. The predicted molar refractivity (Wildman–Crippen MR) is 83.8 cm³/mol. The molecular weight excluding hydrogens is 264 g/mol. The molecule has 1 aliphatic rings. The van der Waals surface area contributed by atoms with Gasteiger partial charge in [-0.25, -0.2) is 0 Å². The van der Waals surface area contributed by atoms with Gasteiger partial charge in [-0.05, 0) is 38.8 Å². The highest BCUT2D eigenvalue weighted by Gasteiger charge is 2.23. The van der Waals surface area contributed by atoms with Gasteiger partial charge in [0.1, 0.15) is 5.56 Å². The summed E-state index contributed by atoms with van der Waals surface area (Å²) in [5, 5.41) is 0.641. The highest BCUT2D eigenvalue weighted by atomic mass is 16.2. The van der Waals surface area contributed by atoms with E-state index in [-0.39, 0.29) is 11.3 Å². The van der Waals surface area contributed by atoms with Crippen LogP contribution in [0.2, 0.25) is 0 Å². The largest absolute Gasteiger partial charge is 0.347 e. The van der Waals surface area contributed by atoms with Crippen molar-refractivity contribution in [1.29, 1.82) is 0 Å². The van der Waals surface area contributed by atoms with Gasteiger partial charge in [-0.3, -0.25) is 9.59 Å². The number of aromatic nitrogens is 1. The highest BCUT2D eigenvalue weighted by Crippen LogP contribution is 2.16. The van der Waals surface area contributed by atoms with Gasteiger partial charge in [0.2, 0.25) is 5.43 Å². The number of benzene rings is 1. The molecule has 1 aromatic heterocycles. The van der Waals surface area contributed by atoms with Crippen molar-refractivity contribution in [3.63, 3.8) is 0 Å². The lowest BCUT2D eigenvalue weighted by Crippen LogP contribution is -2.32. The Morgan fingerprint density at radius 1 is 1.24 bits per heavy atom. The molecule has 1 aromatic carbocycles. The van der Waals surface area contributed by atoms with E-state index in [1.54, 1.807) is 11.1 Å². The lowest BCUT2D eigenvalue weighted by Gasteiger charge is -2.17. The van der Waals surface area contributed by atoms with Crippen molar-refractivity contribution in [2.45, 2.75) is 33.2 Å². The molecule has 0 N–H and O–H groups in total. The van der Waals surface area contributed by atoms with Crippen molar-refractivity contribution in [3.05, 3.63) is 45.7 Å². The van der Waals surface area contributed by atoms with E-state index in [2.05, 4.69) is 0 Å². The summed E-state index contributed by atoms with van der Waals surface area (Å²) in [5.41, 5.74) is 2.09. The van der Waals surface area contributed by atoms with Crippen LogP contribution in [0.3, 0.4) is 0 Å². The Morgan fingerprint density at radius 2 is 1.95 bits per heavy atom. The van der Waals surface area contributed by atoms with E-state index in [1.807, 2.05) is 36.6 Å². The number of nitrogens with zero attached hydrogens (tertiary/aromatic N) is 2. The number of pyridine rings is 1. The first kappa shape index (κ1) is 13.9. The summed E-state index contributed by atoms with van der Waals surface area (Å²) in [5.74, 6) is -0.122. The van der Waals surface area contributed by atoms with E-state index in [4.69, 9.17) is 0 Å². The van der Waals surface area contributed by atoms with Crippen LogP contribution in [0.1, 0.15) is 35.7 Å². The second-order valence-corrected chi connectivity index (χ2v) is 5.68. The summed E-state index contributed by atoms with van der Waals surface area (Å²) in [6, 6.07) is 5.83. The van der Waals surface area contributed by atoms with Gasteiger partial charge in [0.25, 0.3) is 5.91 Å². The number of hydrogen-bond acceptors (Lipinski definition) is 2. The first-order valence-corrected chi connectivity index (χ1v) is 7.55. The van der Waals surface area contributed by atoms with Gasteiger partial charge in [0.15, 0.2) is 0 Å². The van der Waals surface area contributed by atoms with Crippen LogP contribution in [0, 0.1) is 6.92 Å². The second kappa shape index (κ2) is 5.35. The molecule has 0 bridgehead atoms. The van der Waals surface area contributed by atoms with Gasteiger partial charge >= 0.3 is 0 Å². The third-order valence-corrected chi connectivity index (χ3v) is 4.20. The van der Waals surface area contributed by atoms with Gasteiger partial charge in [0.05, 0.1) is 5.52 Å². The summed E-state index contributed by atoms with van der Waals surface area (Å²) in [6.45, 7) is 6.24. The standard InChI is InChI=1S/C17H20N2O2/c1-3-18-11-14(17(21)19-8-4-5-9-19)16(20)13-10-12(2)6-7-15(13)18/h6-7,10-11H,3-5,8-9H2,1-2H3. The van der Waals surface area contributed by atoms with Crippen molar-refractivity contribution in [2.75, 3.05) is 13.1 Å². The lowest BCUT2D eigenvalue weighted by atomic mass is 10.1. The molecule has 0 atom stereocenters. The average Bonchev–Trinajstić information content (AvgIpc) is 3.02. The third kappa shape index (κ3) is 2.35. The molecule has 2 heterocycles. The fourth-order valence-electron chi connectivity index (χ4n) is 3.02. The first-order chi connectivity index (χ1) is 10.1. The van der Waals surface area contributed by atoms with Gasteiger partial charge in [0, 0.05) is 31.2 Å². The Morgan fingerprint density at radius 3 is 2.62 bits per heavy atom. The molecule has 0 unspecified atom stereocenters. The van der Waals surface area contributed by atoms with Crippen LogP contribution in [0.5, 0.6) is 0 Å². The minimum Gasteiger partial charge on any atom is -0.347 e. The quantitative estimate of drug-likeness (QED) is 0.850. The van der Waals surface area contributed by atoms with Crippen molar-refractivity contribution in [2.24, 2.45) is 0 Å². The number of amides is 1. The van der Waals surface area contributed by atoms with Gasteiger partial charge in [-0.15, -0.1) is 0 Å². The molecule has 4 nitrogen and oxygen atoms in total. The molecule has 4 heteroatoms. The van der Waals surface area contributed by atoms with Crippen molar-refractivity contribution < 1.29 is 4.79 Å². The minimum absolute atomic E-state index is 0.122. The molecule has 21 heavy (non-hydrogen) atoms. The van der Waals surface area contributed by atoms with Crippen LogP contribution >= 0.6 is 0 Å². The molecule has 0 saturated carbocycles. The average molecular weight is 284 g/mol. The van der Waals surface area contributed by atoms with Gasteiger partial charge in [-0.1, -0.05) is 11.6 Å². The van der Waals surface area contributed by atoms with E-state index in [0.717, 1.165) is 43.6 Å². The molecule has 1 saturated heterocycles. The molecule has 110 valence electrons. The SMILES string of the molecule is CCn1cc(C(=O)N2CCCC2)c(=O)c2cc(C)ccc21. The molecule has 3 rings (SSSR count).